The molecule has 1 aromatic rings. The molecule has 2 heterocycles. The number of nitrogens with one attached hydrogen (secondary N) is 1. The van der Waals surface area contributed by atoms with Crippen LogP contribution in [0.4, 0.5) is 0 Å². The van der Waals surface area contributed by atoms with Crippen LogP contribution in [0.15, 0.2) is 6.20 Å². The molecule has 1 aromatic heterocycles. The molecule has 0 aliphatic carbocycles. The maximum atomic E-state index is 10.2. The Labute approximate surface area is 94.6 Å². The van der Waals surface area contributed by atoms with Gasteiger partial charge in [0.25, 0.3) is 0 Å². The van der Waals surface area contributed by atoms with E-state index in [-0.39, 0.29) is 0 Å². The second-order valence-corrected chi connectivity index (χ2v) is 4.29. The minimum Gasteiger partial charge on any atom is -0.388 e. The molecule has 2 N–H and O–H groups in total. The van der Waals surface area contributed by atoms with Crippen LogP contribution in [0, 0.1) is 0 Å². The molecule has 0 bridgehead atoms. The third-order valence-corrected chi connectivity index (χ3v) is 2.99. The van der Waals surface area contributed by atoms with Crippen molar-refractivity contribution in [2.24, 2.45) is 7.05 Å². The lowest BCUT2D eigenvalue weighted by atomic mass is 9.94. The van der Waals surface area contributed by atoms with Gasteiger partial charge in [0, 0.05) is 46.2 Å². The maximum Gasteiger partial charge on any atom is 0.0815 e. The summed E-state index contributed by atoms with van der Waals surface area (Å²) in [6.07, 6.45) is 3.12. The van der Waals surface area contributed by atoms with Crippen molar-refractivity contribution in [1.29, 1.82) is 0 Å². The molecule has 0 saturated carbocycles. The predicted octanol–water partition coefficient (Wildman–Crippen LogP) is -0.554. The van der Waals surface area contributed by atoms with Crippen LogP contribution in [0.25, 0.3) is 0 Å². The van der Waals surface area contributed by atoms with Crippen molar-refractivity contribution in [2.75, 3.05) is 19.8 Å². The van der Waals surface area contributed by atoms with Crippen molar-refractivity contribution in [1.82, 2.24) is 20.3 Å². The first-order valence-corrected chi connectivity index (χ1v) is 5.54. The summed E-state index contributed by atoms with van der Waals surface area (Å²) in [4.78, 5) is 0. The first-order chi connectivity index (χ1) is 7.70. The topological polar surface area (TPSA) is 72.2 Å². The van der Waals surface area contributed by atoms with E-state index in [1.807, 2.05) is 7.05 Å². The fraction of sp³-hybridized carbons (Fsp3) is 0.800. The molecule has 16 heavy (non-hydrogen) atoms. The van der Waals surface area contributed by atoms with Gasteiger partial charge >= 0.3 is 0 Å². The van der Waals surface area contributed by atoms with Crippen molar-refractivity contribution in [2.45, 2.75) is 25.0 Å². The first-order valence-electron chi connectivity index (χ1n) is 5.54. The lowest BCUT2D eigenvalue weighted by Gasteiger charge is -2.32. The van der Waals surface area contributed by atoms with Crippen molar-refractivity contribution >= 4 is 0 Å². The summed E-state index contributed by atoms with van der Waals surface area (Å²) in [6, 6.07) is 0. The van der Waals surface area contributed by atoms with Crippen molar-refractivity contribution < 1.29 is 9.84 Å². The number of hydrogen-bond acceptors (Lipinski definition) is 5. The highest BCUT2D eigenvalue weighted by molar-refractivity contribution is 4.93. The third kappa shape index (κ3) is 2.78. The molecule has 2 rings (SSSR count). The highest BCUT2D eigenvalue weighted by Crippen LogP contribution is 2.19. The van der Waals surface area contributed by atoms with E-state index in [0.29, 0.717) is 39.1 Å². The second-order valence-electron chi connectivity index (χ2n) is 4.29. The van der Waals surface area contributed by atoms with E-state index >= 15 is 0 Å². The minimum atomic E-state index is -0.621. The Kier molecular flexibility index (Phi) is 3.52. The number of aromatic nitrogens is 3. The predicted molar refractivity (Wildman–Crippen MR) is 57.7 cm³/mol. The van der Waals surface area contributed by atoms with Crippen LogP contribution in [0.3, 0.4) is 0 Å². The Hall–Kier alpha value is -0.980. The van der Waals surface area contributed by atoms with E-state index in [0.717, 1.165) is 5.69 Å². The standard InChI is InChI=1S/C10H18N4O2/c1-14-9(7-12-13-14)6-11-8-10(15)2-4-16-5-3-10/h7,11,15H,2-6,8H2,1H3. The number of aliphatic hydroxyl groups is 1. The Bertz CT molecular complexity index is 333. The smallest absolute Gasteiger partial charge is 0.0815 e. The molecule has 6 heteroatoms. The number of hydrogen-bond donors (Lipinski definition) is 2. The van der Waals surface area contributed by atoms with Gasteiger partial charge in [0.05, 0.1) is 17.5 Å². The van der Waals surface area contributed by atoms with Gasteiger partial charge in [0.2, 0.25) is 0 Å². The van der Waals surface area contributed by atoms with E-state index in [1.54, 1.807) is 10.9 Å². The lowest BCUT2D eigenvalue weighted by Crippen LogP contribution is -2.44. The van der Waals surface area contributed by atoms with Gasteiger partial charge in [0.1, 0.15) is 0 Å². The summed E-state index contributed by atoms with van der Waals surface area (Å²) in [5, 5.41) is 21.1. The van der Waals surface area contributed by atoms with Crippen LogP contribution in [0.5, 0.6) is 0 Å². The average Bonchev–Trinajstić information content (AvgIpc) is 2.65. The average molecular weight is 226 g/mol. The Morgan fingerprint density at radius 3 is 2.94 bits per heavy atom. The molecule has 1 aliphatic heterocycles. The third-order valence-electron chi connectivity index (χ3n) is 2.99. The van der Waals surface area contributed by atoms with Crippen LogP contribution < -0.4 is 5.32 Å². The Morgan fingerprint density at radius 2 is 2.31 bits per heavy atom. The van der Waals surface area contributed by atoms with Crippen molar-refractivity contribution in [3.8, 4) is 0 Å². The van der Waals surface area contributed by atoms with E-state index in [1.165, 1.54) is 0 Å². The first kappa shape index (κ1) is 11.5. The number of nitrogens with zero attached hydrogens (tertiary/aromatic N) is 3. The molecule has 6 nitrogen and oxygen atoms in total. The van der Waals surface area contributed by atoms with Gasteiger partial charge in [0.15, 0.2) is 0 Å². The largest absolute Gasteiger partial charge is 0.388 e. The number of ether oxygens (including phenoxy) is 1. The molecule has 0 aromatic carbocycles. The van der Waals surface area contributed by atoms with E-state index in [2.05, 4.69) is 15.6 Å². The van der Waals surface area contributed by atoms with E-state index in [4.69, 9.17) is 4.74 Å². The molecular weight excluding hydrogens is 208 g/mol. The minimum absolute atomic E-state index is 0.585. The molecule has 1 fully saturated rings. The van der Waals surface area contributed by atoms with E-state index in [9.17, 15) is 5.11 Å². The lowest BCUT2D eigenvalue weighted by molar-refractivity contribution is -0.0617. The van der Waals surface area contributed by atoms with Gasteiger partial charge in [-0.2, -0.15) is 0 Å². The molecule has 0 radical (unpaired) electrons. The molecule has 0 amide bonds. The van der Waals surface area contributed by atoms with Gasteiger partial charge < -0.3 is 15.2 Å². The maximum absolute atomic E-state index is 10.2. The molecule has 1 aliphatic rings. The zero-order chi connectivity index (χ0) is 11.4. The van der Waals surface area contributed by atoms with Crippen LogP contribution in [-0.2, 0) is 18.3 Å². The summed E-state index contributed by atoms with van der Waals surface area (Å²) in [5.74, 6) is 0. The molecule has 1 saturated heterocycles. The highest BCUT2D eigenvalue weighted by Gasteiger charge is 2.29. The van der Waals surface area contributed by atoms with Gasteiger partial charge in [-0.3, -0.25) is 4.68 Å². The summed E-state index contributed by atoms with van der Waals surface area (Å²) in [7, 11) is 1.85. The zero-order valence-corrected chi connectivity index (χ0v) is 9.52. The zero-order valence-electron chi connectivity index (χ0n) is 9.52. The van der Waals surface area contributed by atoms with E-state index < -0.39 is 5.60 Å². The van der Waals surface area contributed by atoms with Crippen LogP contribution >= 0.6 is 0 Å². The summed E-state index contributed by atoms with van der Waals surface area (Å²) >= 11 is 0. The van der Waals surface area contributed by atoms with Gasteiger partial charge in [-0.25, -0.2) is 0 Å². The fourth-order valence-corrected chi connectivity index (χ4v) is 1.82. The Morgan fingerprint density at radius 1 is 1.56 bits per heavy atom. The molecular formula is C10H18N4O2. The summed E-state index contributed by atoms with van der Waals surface area (Å²) in [6.45, 7) is 2.55. The fourth-order valence-electron chi connectivity index (χ4n) is 1.82. The van der Waals surface area contributed by atoms with Crippen LogP contribution in [-0.4, -0.2) is 45.5 Å². The number of rotatable bonds is 4. The Balaban J connectivity index is 1.77. The van der Waals surface area contributed by atoms with Crippen LogP contribution in [0.1, 0.15) is 18.5 Å². The van der Waals surface area contributed by atoms with Gasteiger partial charge in [-0.15, -0.1) is 5.10 Å². The molecule has 0 unspecified atom stereocenters. The molecule has 0 spiro atoms. The summed E-state index contributed by atoms with van der Waals surface area (Å²) in [5.41, 5.74) is 0.389. The monoisotopic (exact) mass is 226 g/mol. The summed E-state index contributed by atoms with van der Waals surface area (Å²) < 4.78 is 6.95. The van der Waals surface area contributed by atoms with Gasteiger partial charge in [-0.1, -0.05) is 5.21 Å². The second kappa shape index (κ2) is 4.90. The highest BCUT2D eigenvalue weighted by atomic mass is 16.5. The number of aryl methyl sites for hydroxylation is 1. The van der Waals surface area contributed by atoms with Crippen molar-refractivity contribution in [3.05, 3.63) is 11.9 Å². The quantitative estimate of drug-likeness (QED) is 0.720. The normalized spacial score (nSPS) is 19.9. The van der Waals surface area contributed by atoms with Gasteiger partial charge in [-0.05, 0) is 0 Å². The SMILES string of the molecule is Cn1nncc1CNCC1(O)CCOCC1. The molecule has 90 valence electrons. The molecule has 0 atom stereocenters. The van der Waals surface area contributed by atoms with Crippen molar-refractivity contribution in [3.63, 3.8) is 0 Å². The van der Waals surface area contributed by atoms with Crippen LogP contribution in [0.2, 0.25) is 0 Å².